The van der Waals surface area contributed by atoms with Gasteiger partial charge in [0.1, 0.15) is 11.6 Å². The van der Waals surface area contributed by atoms with Gasteiger partial charge in [-0.3, -0.25) is 4.79 Å². The minimum absolute atomic E-state index is 0.00231. The summed E-state index contributed by atoms with van der Waals surface area (Å²) in [5, 5.41) is 2.00. The van der Waals surface area contributed by atoms with E-state index < -0.39 is 23.0 Å². The van der Waals surface area contributed by atoms with Gasteiger partial charge in [-0.2, -0.15) is 0 Å². The van der Waals surface area contributed by atoms with Gasteiger partial charge in [-0.15, -0.1) is 0 Å². The fraction of sp³-hybridized carbons (Fsp3) is 0.300. The van der Waals surface area contributed by atoms with Crippen molar-refractivity contribution in [3.8, 4) is 0 Å². The van der Waals surface area contributed by atoms with Crippen LogP contribution in [0.4, 0.5) is 14.5 Å². The quantitative estimate of drug-likeness (QED) is 0.684. The third-order valence-electron chi connectivity index (χ3n) is 2.60. The highest BCUT2D eigenvalue weighted by Gasteiger charge is 2.43. The lowest BCUT2D eigenvalue weighted by Crippen LogP contribution is -2.27. The number of halogens is 3. The van der Waals surface area contributed by atoms with Crippen LogP contribution in [0.3, 0.4) is 0 Å². The molecule has 0 atom stereocenters. The van der Waals surface area contributed by atoms with Gasteiger partial charge in [-0.1, -0.05) is 11.6 Å². The monoisotopic (exact) mass is 231 g/mol. The molecule has 0 spiro atoms. The van der Waals surface area contributed by atoms with Crippen LogP contribution in [0.25, 0.3) is 0 Å². The predicted molar refractivity (Wildman–Crippen MR) is 53.0 cm³/mol. The van der Waals surface area contributed by atoms with Crippen molar-refractivity contribution in [2.75, 3.05) is 5.32 Å². The molecular weight excluding hydrogens is 224 g/mol. The van der Waals surface area contributed by atoms with Crippen LogP contribution in [0.1, 0.15) is 19.4 Å². The van der Waals surface area contributed by atoms with Gasteiger partial charge in [-0.25, -0.2) is 8.78 Å². The maximum Gasteiger partial charge on any atom is 0.234 e. The summed E-state index contributed by atoms with van der Waals surface area (Å²) in [4.78, 5) is 11.5. The topological polar surface area (TPSA) is 29.1 Å². The van der Waals surface area contributed by atoms with E-state index in [2.05, 4.69) is 5.32 Å². The Kier molecular flexibility index (Phi) is 2.01. The Morgan fingerprint density at radius 1 is 1.40 bits per heavy atom. The molecule has 1 N–H and O–H groups in total. The zero-order valence-electron chi connectivity index (χ0n) is 8.12. The molecule has 15 heavy (non-hydrogen) atoms. The molecule has 0 saturated carbocycles. The second-order valence-electron chi connectivity index (χ2n) is 3.98. The summed E-state index contributed by atoms with van der Waals surface area (Å²) in [6.45, 7) is 3.04. The molecule has 0 unspecified atom stereocenters. The molecule has 0 radical (unpaired) electrons. The molecule has 1 aromatic rings. The fourth-order valence-corrected chi connectivity index (χ4v) is 1.88. The van der Waals surface area contributed by atoms with Crippen LogP contribution in [-0.2, 0) is 10.2 Å². The average molecular weight is 232 g/mol. The first-order chi connectivity index (χ1) is 6.85. The summed E-state index contributed by atoms with van der Waals surface area (Å²) in [6.07, 6.45) is 0. The van der Waals surface area contributed by atoms with E-state index in [1.54, 1.807) is 0 Å². The lowest BCUT2D eigenvalue weighted by atomic mass is 9.86. The van der Waals surface area contributed by atoms with E-state index in [1.165, 1.54) is 13.8 Å². The molecule has 0 aromatic heterocycles. The Hall–Kier alpha value is -1.16. The summed E-state index contributed by atoms with van der Waals surface area (Å²) < 4.78 is 27.0. The molecular formula is C10H8ClF2NO. The standard InChI is InChI=1S/C10H8ClF2NO/c1-10(2)6-7(13)4(11)3-5(12)8(6)14-9(10)15/h3H,1-2H3,(H,14,15). The average Bonchev–Trinajstić information content (AvgIpc) is 2.36. The highest BCUT2D eigenvalue weighted by molar-refractivity contribution is 6.31. The van der Waals surface area contributed by atoms with Gasteiger partial charge in [0, 0.05) is 5.56 Å². The van der Waals surface area contributed by atoms with Crippen molar-refractivity contribution < 1.29 is 13.6 Å². The molecule has 0 bridgehead atoms. The van der Waals surface area contributed by atoms with Crippen LogP contribution in [-0.4, -0.2) is 5.91 Å². The molecule has 2 rings (SSSR count). The van der Waals surface area contributed by atoms with Crippen LogP contribution in [0.2, 0.25) is 5.02 Å². The molecule has 0 fully saturated rings. The van der Waals surface area contributed by atoms with E-state index in [-0.39, 0.29) is 16.3 Å². The number of carbonyl (C=O) groups excluding carboxylic acids is 1. The lowest BCUT2D eigenvalue weighted by molar-refractivity contribution is -0.119. The van der Waals surface area contributed by atoms with Crippen molar-refractivity contribution in [2.45, 2.75) is 19.3 Å². The van der Waals surface area contributed by atoms with E-state index in [0.29, 0.717) is 0 Å². The van der Waals surface area contributed by atoms with Crippen molar-refractivity contribution in [1.82, 2.24) is 0 Å². The first-order valence-electron chi connectivity index (χ1n) is 4.35. The maximum absolute atomic E-state index is 13.7. The van der Waals surface area contributed by atoms with E-state index in [0.717, 1.165) is 6.07 Å². The smallest absolute Gasteiger partial charge is 0.234 e. The summed E-state index contributed by atoms with van der Waals surface area (Å²) >= 11 is 5.52. The first kappa shape index (κ1) is 10.4. The maximum atomic E-state index is 13.7. The molecule has 80 valence electrons. The Morgan fingerprint density at radius 3 is 2.60 bits per heavy atom. The number of hydrogen-bond acceptors (Lipinski definition) is 1. The number of benzene rings is 1. The van der Waals surface area contributed by atoms with Gasteiger partial charge in [0.05, 0.1) is 16.1 Å². The van der Waals surface area contributed by atoms with E-state index in [4.69, 9.17) is 11.6 Å². The minimum Gasteiger partial charge on any atom is -0.322 e. The molecule has 0 aliphatic carbocycles. The Bertz CT molecular complexity index is 471. The van der Waals surface area contributed by atoms with Crippen LogP contribution in [0.15, 0.2) is 6.07 Å². The molecule has 0 saturated heterocycles. The van der Waals surface area contributed by atoms with E-state index >= 15 is 0 Å². The van der Waals surface area contributed by atoms with E-state index in [1.807, 2.05) is 0 Å². The van der Waals surface area contributed by atoms with Crippen LogP contribution < -0.4 is 5.32 Å². The third-order valence-corrected chi connectivity index (χ3v) is 2.88. The molecule has 1 aromatic carbocycles. The van der Waals surface area contributed by atoms with Crippen LogP contribution in [0, 0.1) is 11.6 Å². The Balaban J connectivity index is 2.81. The SMILES string of the molecule is CC1(C)C(=O)Nc2c(F)cc(Cl)c(F)c21. The number of carbonyl (C=O) groups is 1. The van der Waals surface area contributed by atoms with Gasteiger partial charge in [0.2, 0.25) is 5.91 Å². The number of amides is 1. The summed E-state index contributed by atoms with van der Waals surface area (Å²) in [7, 11) is 0. The van der Waals surface area contributed by atoms with Crippen molar-refractivity contribution >= 4 is 23.2 Å². The fourth-order valence-electron chi connectivity index (χ4n) is 1.69. The van der Waals surface area contributed by atoms with Crippen LogP contribution >= 0.6 is 11.6 Å². The molecule has 1 aliphatic heterocycles. The van der Waals surface area contributed by atoms with Gasteiger partial charge in [0.15, 0.2) is 0 Å². The number of nitrogens with one attached hydrogen (secondary N) is 1. The molecule has 1 aliphatic rings. The number of fused-ring (bicyclic) bond motifs is 1. The summed E-state index contributed by atoms with van der Waals surface area (Å²) in [6, 6.07) is 0.859. The van der Waals surface area contributed by atoms with Gasteiger partial charge >= 0.3 is 0 Å². The lowest BCUT2D eigenvalue weighted by Gasteiger charge is -2.16. The number of rotatable bonds is 0. The number of hydrogen-bond donors (Lipinski definition) is 1. The molecule has 5 heteroatoms. The highest BCUT2D eigenvalue weighted by atomic mass is 35.5. The normalized spacial score (nSPS) is 17.5. The summed E-state index contributed by atoms with van der Waals surface area (Å²) in [5.74, 6) is -1.88. The van der Waals surface area contributed by atoms with Crippen molar-refractivity contribution in [1.29, 1.82) is 0 Å². The second-order valence-corrected chi connectivity index (χ2v) is 4.39. The molecule has 1 heterocycles. The van der Waals surface area contributed by atoms with Gasteiger partial charge in [0.25, 0.3) is 0 Å². The zero-order valence-corrected chi connectivity index (χ0v) is 8.88. The van der Waals surface area contributed by atoms with Crippen LogP contribution in [0.5, 0.6) is 0 Å². The van der Waals surface area contributed by atoms with Crippen molar-refractivity contribution in [3.63, 3.8) is 0 Å². The second kappa shape index (κ2) is 2.92. The Morgan fingerprint density at radius 2 is 2.00 bits per heavy atom. The minimum atomic E-state index is -1.09. The van der Waals surface area contributed by atoms with Crippen molar-refractivity contribution in [2.24, 2.45) is 0 Å². The van der Waals surface area contributed by atoms with Gasteiger partial charge < -0.3 is 5.32 Å². The van der Waals surface area contributed by atoms with Crippen molar-refractivity contribution in [3.05, 3.63) is 28.3 Å². The van der Waals surface area contributed by atoms with Gasteiger partial charge in [-0.05, 0) is 19.9 Å². The Labute approximate surface area is 90.2 Å². The third kappa shape index (κ3) is 1.24. The summed E-state index contributed by atoms with van der Waals surface area (Å²) in [5.41, 5.74) is -1.20. The highest BCUT2D eigenvalue weighted by Crippen LogP contribution is 2.42. The molecule has 2 nitrogen and oxygen atoms in total. The zero-order chi connectivity index (χ0) is 11.4. The van der Waals surface area contributed by atoms with E-state index in [9.17, 15) is 13.6 Å². The first-order valence-corrected chi connectivity index (χ1v) is 4.73. The molecule has 1 amide bonds. The number of anilines is 1. The predicted octanol–water partition coefficient (Wildman–Crippen LogP) is 2.85. The largest absolute Gasteiger partial charge is 0.322 e.